The molecule has 0 amide bonds. The monoisotopic (exact) mass is 364 g/mol. The summed E-state index contributed by atoms with van der Waals surface area (Å²) in [5.41, 5.74) is 2.36. The molecule has 0 bridgehead atoms. The van der Waals surface area contributed by atoms with Crippen LogP contribution in [0.3, 0.4) is 0 Å². The van der Waals surface area contributed by atoms with E-state index >= 15 is 0 Å². The Bertz CT molecular complexity index is 1070. The van der Waals surface area contributed by atoms with Crippen LogP contribution in [0.4, 0.5) is 0 Å². The molecule has 6 nitrogen and oxygen atoms in total. The Hall–Kier alpha value is -3.41. The van der Waals surface area contributed by atoms with E-state index in [0.717, 1.165) is 17.7 Å². The van der Waals surface area contributed by atoms with E-state index in [9.17, 15) is 9.59 Å². The van der Waals surface area contributed by atoms with Crippen LogP contribution in [0.5, 0.6) is 5.75 Å². The minimum Gasteiger partial charge on any atom is -0.497 e. The molecule has 0 saturated heterocycles. The third-order valence-corrected chi connectivity index (χ3v) is 4.24. The summed E-state index contributed by atoms with van der Waals surface area (Å²) < 4.78 is 6.46. The van der Waals surface area contributed by atoms with Gasteiger partial charge in [0.05, 0.1) is 18.4 Å². The van der Waals surface area contributed by atoms with Crippen LogP contribution < -0.4 is 10.3 Å². The van der Waals surface area contributed by atoms with Crippen molar-refractivity contribution in [1.82, 2.24) is 9.38 Å². The Balaban J connectivity index is 2.09. The van der Waals surface area contributed by atoms with E-state index in [1.165, 1.54) is 16.7 Å². The second-order valence-electron chi connectivity index (χ2n) is 6.09. The lowest BCUT2D eigenvalue weighted by Gasteiger charge is -2.08. The molecule has 0 atom stereocenters. The van der Waals surface area contributed by atoms with E-state index in [-0.39, 0.29) is 11.1 Å². The van der Waals surface area contributed by atoms with Crippen molar-refractivity contribution in [2.45, 2.75) is 19.8 Å². The summed E-state index contributed by atoms with van der Waals surface area (Å²) >= 11 is 0. The van der Waals surface area contributed by atoms with Crippen molar-refractivity contribution in [1.29, 1.82) is 0 Å². The second kappa shape index (κ2) is 7.86. The summed E-state index contributed by atoms with van der Waals surface area (Å²) in [7, 11) is 1.62. The molecule has 0 aliphatic rings. The summed E-state index contributed by atoms with van der Waals surface area (Å²) in [6.07, 6.45) is 6.38. The van der Waals surface area contributed by atoms with Gasteiger partial charge >= 0.3 is 5.97 Å². The molecule has 3 aromatic rings. The highest BCUT2D eigenvalue weighted by atomic mass is 16.5. The standard InChI is InChI=1S/C21H20N2O4/c1-3-4-17-18(11-7-14-5-9-16(27-2)10-6-14)22-19-12-8-15(21(25)26)13-23(19)20(17)24/h5-13H,3-4H2,1-2H3,(H,25,26). The highest BCUT2D eigenvalue weighted by Crippen LogP contribution is 2.15. The fourth-order valence-corrected chi connectivity index (χ4v) is 2.83. The molecule has 138 valence electrons. The zero-order chi connectivity index (χ0) is 19.4. The molecule has 1 aromatic carbocycles. The van der Waals surface area contributed by atoms with Crippen LogP contribution in [-0.4, -0.2) is 27.6 Å². The smallest absolute Gasteiger partial charge is 0.337 e. The highest BCUT2D eigenvalue weighted by molar-refractivity contribution is 5.87. The molecule has 2 aromatic heterocycles. The summed E-state index contributed by atoms with van der Waals surface area (Å²) in [6.45, 7) is 1.99. The van der Waals surface area contributed by atoms with Gasteiger partial charge in [-0.2, -0.15) is 0 Å². The molecule has 0 saturated carbocycles. The molecule has 6 heteroatoms. The molecule has 27 heavy (non-hydrogen) atoms. The number of rotatable bonds is 6. The topological polar surface area (TPSA) is 80.9 Å². The van der Waals surface area contributed by atoms with E-state index in [0.29, 0.717) is 23.3 Å². The number of carboxylic acid groups (broad SMARTS) is 1. The Labute approximate surface area is 156 Å². The Kier molecular flexibility index (Phi) is 5.35. The van der Waals surface area contributed by atoms with Crippen molar-refractivity contribution in [3.63, 3.8) is 0 Å². The number of fused-ring (bicyclic) bond motifs is 1. The van der Waals surface area contributed by atoms with E-state index in [2.05, 4.69) is 4.98 Å². The van der Waals surface area contributed by atoms with Crippen molar-refractivity contribution >= 4 is 23.8 Å². The summed E-state index contributed by atoms with van der Waals surface area (Å²) in [5, 5.41) is 9.15. The third-order valence-electron chi connectivity index (χ3n) is 4.24. The van der Waals surface area contributed by atoms with Crippen LogP contribution in [0.1, 0.15) is 40.5 Å². The zero-order valence-corrected chi connectivity index (χ0v) is 15.2. The molecule has 0 unspecified atom stereocenters. The number of ether oxygens (including phenoxy) is 1. The second-order valence-corrected chi connectivity index (χ2v) is 6.09. The lowest BCUT2D eigenvalue weighted by molar-refractivity contribution is 0.0696. The highest BCUT2D eigenvalue weighted by Gasteiger charge is 2.12. The predicted molar refractivity (Wildman–Crippen MR) is 104 cm³/mol. The molecule has 0 aliphatic heterocycles. The minimum atomic E-state index is -1.08. The van der Waals surface area contributed by atoms with Gasteiger partial charge in [0.15, 0.2) is 0 Å². The third kappa shape index (κ3) is 3.89. The van der Waals surface area contributed by atoms with Crippen LogP contribution in [0.25, 0.3) is 17.8 Å². The molecular formula is C21H20N2O4. The molecule has 1 N–H and O–H groups in total. The average Bonchev–Trinajstić information content (AvgIpc) is 2.69. The summed E-state index contributed by atoms with van der Waals surface area (Å²) in [4.78, 5) is 28.6. The fraction of sp³-hybridized carbons (Fsp3) is 0.190. The number of pyridine rings is 1. The molecule has 3 rings (SSSR count). The Morgan fingerprint density at radius 3 is 2.56 bits per heavy atom. The van der Waals surface area contributed by atoms with Gasteiger partial charge in [-0.25, -0.2) is 9.78 Å². The maximum absolute atomic E-state index is 12.9. The first-order valence-electron chi connectivity index (χ1n) is 8.64. The van der Waals surface area contributed by atoms with Gasteiger partial charge in [-0.3, -0.25) is 9.20 Å². The van der Waals surface area contributed by atoms with Crippen LogP contribution in [0, 0.1) is 0 Å². The number of aromatic nitrogens is 2. The van der Waals surface area contributed by atoms with Gasteiger partial charge in [0.25, 0.3) is 5.56 Å². The van der Waals surface area contributed by atoms with Crippen LogP contribution in [0.2, 0.25) is 0 Å². The van der Waals surface area contributed by atoms with Crippen LogP contribution >= 0.6 is 0 Å². The van der Waals surface area contributed by atoms with Crippen molar-refractivity contribution in [3.8, 4) is 5.75 Å². The largest absolute Gasteiger partial charge is 0.497 e. The first kappa shape index (κ1) is 18.4. The molecule has 0 spiro atoms. The number of hydrogen-bond acceptors (Lipinski definition) is 4. The van der Waals surface area contributed by atoms with Gasteiger partial charge in [0, 0.05) is 11.8 Å². The van der Waals surface area contributed by atoms with Crippen LogP contribution in [0.15, 0.2) is 47.4 Å². The number of hydrogen-bond donors (Lipinski definition) is 1. The van der Waals surface area contributed by atoms with Crippen molar-refractivity contribution in [2.75, 3.05) is 7.11 Å². The molecule has 0 radical (unpaired) electrons. The number of benzene rings is 1. The minimum absolute atomic E-state index is 0.0513. The molecular weight excluding hydrogens is 344 g/mol. The fourth-order valence-electron chi connectivity index (χ4n) is 2.83. The lowest BCUT2D eigenvalue weighted by atomic mass is 10.1. The molecule has 0 fully saturated rings. The normalized spacial score (nSPS) is 11.2. The Morgan fingerprint density at radius 1 is 1.19 bits per heavy atom. The zero-order valence-electron chi connectivity index (χ0n) is 15.2. The maximum Gasteiger partial charge on any atom is 0.337 e. The van der Waals surface area contributed by atoms with Crippen molar-refractivity contribution in [3.05, 3.63) is 75.3 Å². The van der Waals surface area contributed by atoms with E-state index in [1.54, 1.807) is 13.2 Å². The summed E-state index contributed by atoms with van der Waals surface area (Å²) in [6, 6.07) is 10.6. The number of nitrogens with zero attached hydrogens (tertiary/aromatic N) is 2. The molecule has 0 aliphatic carbocycles. The number of aromatic carboxylic acids is 1. The van der Waals surface area contributed by atoms with E-state index < -0.39 is 5.97 Å². The Morgan fingerprint density at radius 2 is 1.93 bits per heavy atom. The average molecular weight is 364 g/mol. The lowest BCUT2D eigenvalue weighted by Crippen LogP contribution is -2.22. The summed E-state index contributed by atoms with van der Waals surface area (Å²) in [5.74, 6) is -0.306. The first-order chi connectivity index (χ1) is 13.0. The predicted octanol–water partition coefficient (Wildman–Crippen LogP) is 3.52. The van der Waals surface area contributed by atoms with Gasteiger partial charge in [-0.05, 0) is 42.3 Å². The molecule has 2 heterocycles. The van der Waals surface area contributed by atoms with Gasteiger partial charge in [-0.15, -0.1) is 0 Å². The van der Waals surface area contributed by atoms with Gasteiger partial charge in [0.1, 0.15) is 11.4 Å². The number of carboxylic acids is 1. The SMILES string of the molecule is CCCc1c(C=Cc2ccc(OC)cc2)nc2ccc(C(=O)O)cn2c1=O. The first-order valence-corrected chi connectivity index (χ1v) is 8.64. The van der Waals surface area contributed by atoms with Crippen LogP contribution in [-0.2, 0) is 6.42 Å². The van der Waals surface area contributed by atoms with Gasteiger partial charge in [-0.1, -0.05) is 31.6 Å². The van der Waals surface area contributed by atoms with Gasteiger partial charge in [0.2, 0.25) is 0 Å². The quantitative estimate of drug-likeness (QED) is 0.724. The van der Waals surface area contributed by atoms with Crippen molar-refractivity contribution < 1.29 is 14.6 Å². The maximum atomic E-state index is 12.9. The van der Waals surface area contributed by atoms with Crippen molar-refractivity contribution in [2.24, 2.45) is 0 Å². The van der Waals surface area contributed by atoms with E-state index in [4.69, 9.17) is 9.84 Å². The van der Waals surface area contributed by atoms with E-state index in [1.807, 2.05) is 43.3 Å². The van der Waals surface area contributed by atoms with Gasteiger partial charge < -0.3 is 9.84 Å². The number of methoxy groups -OCH3 is 1. The number of carbonyl (C=O) groups is 1.